The van der Waals surface area contributed by atoms with Crippen LogP contribution < -0.4 is 19.9 Å². The van der Waals surface area contributed by atoms with Gasteiger partial charge in [0.1, 0.15) is 17.3 Å². The fourth-order valence-electron chi connectivity index (χ4n) is 4.61. The molecule has 1 atom stereocenters. The Hall–Kier alpha value is -4.08. The molecule has 0 radical (unpaired) electrons. The number of carbonyl (C=O) groups excluding carboxylic acids is 1. The summed E-state index contributed by atoms with van der Waals surface area (Å²) in [5, 5.41) is 16.4. The van der Waals surface area contributed by atoms with Gasteiger partial charge >= 0.3 is 0 Å². The van der Waals surface area contributed by atoms with Crippen molar-refractivity contribution >= 4 is 23.1 Å². The summed E-state index contributed by atoms with van der Waals surface area (Å²) in [5.41, 5.74) is 1.85. The van der Waals surface area contributed by atoms with E-state index in [1.54, 1.807) is 17.9 Å². The normalized spacial score (nSPS) is 14.6. The molecule has 10 nitrogen and oxygen atoms in total. The number of methoxy groups -OCH3 is 1. The highest BCUT2D eigenvalue weighted by Crippen LogP contribution is 2.23. The summed E-state index contributed by atoms with van der Waals surface area (Å²) in [7, 11) is 1.69. The second kappa shape index (κ2) is 11.3. The largest absolute Gasteiger partial charge is 0.497 e. The van der Waals surface area contributed by atoms with E-state index in [4.69, 9.17) is 14.3 Å². The summed E-state index contributed by atoms with van der Waals surface area (Å²) >= 11 is 0. The maximum atomic E-state index is 12.5. The first-order valence-corrected chi connectivity index (χ1v) is 12.8. The van der Waals surface area contributed by atoms with Crippen LogP contribution in [0.1, 0.15) is 31.4 Å². The number of nitrogens with zero attached hydrogens (tertiary/aromatic N) is 6. The number of furan rings is 1. The van der Waals surface area contributed by atoms with Gasteiger partial charge in [0.15, 0.2) is 11.5 Å². The Bertz CT molecular complexity index is 1310. The maximum Gasteiger partial charge on any atom is 0.220 e. The fraction of sp³-hybridized carbons (Fsp3) is 0.407. The molecule has 37 heavy (non-hydrogen) atoms. The van der Waals surface area contributed by atoms with Gasteiger partial charge in [-0.05, 0) is 49.7 Å². The number of rotatable bonds is 10. The number of anilines is 2. The van der Waals surface area contributed by atoms with Gasteiger partial charge in [-0.25, -0.2) is 0 Å². The number of hydrogen-bond acceptors (Lipinski definition) is 8. The molecule has 1 aromatic carbocycles. The maximum absolute atomic E-state index is 12.5. The van der Waals surface area contributed by atoms with Crippen molar-refractivity contribution < 1.29 is 13.9 Å². The number of aromatic nitrogens is 4. The lowest BCUT2D eigenvalue weighted by Gasteiger charge is -2.36. The number of aryl methyl sites for hydroxylation is 2. The number of amides is 1. The molecule has 0 unspecified atom stereocenters. The summed E-state index contributed by atoms with van der Waals surface area (Å²) in [5.74, 6) is 3.36. The third kappa shape index (κ3) is 6.02. The molecule has 0 saturated carbocycles. The highest BCUT2D eigenvalue weighted by atomic mass is 16.5. The van der Waals surface area contributed by atoms with Crippen LogP contribution in [0.3, 0.4) is 0 Å². The SMILES string of the molecule is COc1cccc(N2CCN(c3ccc4nnc(CCC(=O)N[C@H](C)CCc5ccco5)n4n3)CC2)c1. The van der Waals surface area contributed by atoms with E-state index < -0.39 is 0 Å². The van der Waals surface area contributed by atoms with Gasteiger partial charge in [0.2, 0.25) is 5.91 Å². The molecule has 1 aliphatic heterocycles. The summed E-state index contributed by atoms with van der Waals surface area (Å²) in [4.78, 5) is 17.1. The zero-order valence-electron chi connectivity index (χ0n) is 21.3. The monoisotopic (exact) mass is 503 g/mol. The van der Waals surface area contributed by atoms with E-state index in [0.717, 1.165) is 62.0 Å². The molecule has 4 heterocycles. The van der Waals surface area contributed by atoms with E-state index >= 15 is 0 Å². The van der Waals surface area contributed by atoms with Crippen LogP contribution in [-0.2, 0) is 17.6 Å². The Morgan fingerprint density at radius 1 is 1.05 bits per heavy atom. The quantitative estimate of drug-likeness (QED) is 0.352. The Balaban J connectivity index is 1.15. The number of fused-ring (bicyclic) bond motifs is 1. The van der Waals surface area contributed by atoms with Gasteiger partial charge in [0.05, 0.1) is 13.4 Å². The topological polar surface area (TPSA) is 101 Å². The predicted octanol–water partition coefficient (Wildman–Crippen LogP) is 3.12. The Kier molecular flexibility index (Phi) is 7.53. The lowest BCUT2D eigenvalue weighted by Crippen LogP contribution is -2.47. The Labute approximate surface area is 216 Å². The first kappa shape index (κ1) is 24.6. The van der Waals surface area contributed by atoms with Gasteiger partial charge in [-0.3, -0.25) is 4.79 Å². The molecular formula is C27H33N7O3. The zero-order chi connectivity index (χ0) is 25.6. The van der Waals surface area contributed by atoms with Crippen molar-refractivity contribution in [2.24, 2.45) is 0 Å². The lowest BCUT2D eigenvalue weighted by molar-refractivity contribution is -0.121. The second-order valence-corrected chi connectivity index (χ2v) is 9.34. The molecule has 4 aromatic rings. The summed E-state index contributed by atoms with van der Waals surface area (Å²) < 4.78 is 12.5. The first-order valence-electron chi connectivity index (χ1n) is 12.8. The predicted molar refractivity (Wildman–Crippen MR) is 141 cm³/mol. The van der Waals surface area contributed by atoms with E-state index in [1.807, 2.05) is 43.3 Å². The number of ether oxygens (including phenoxy) is 1. The van der Waals surface area contributed by atoms with Crippen LogP contribution in [-0.4, -0.2) is 65.0 Å². The van der Waals surface area contributed by atoms with Gasteiger partial charge in [-0.15, -0.1) is 15.3 Å². The van der Waals surface area contributed by atoms with Crippen molar-refractivity contribution in [1.82, 2.24) is 25.1 Å². The number of nitrogens with one attached hydrogen (secondary N) is 1. The van der Waals surface area contributed by atoms with Crippen molar-refractivity contribution in [1.29, 1.82) is 0 Å². The molecule has 0 aliphatic carbocycles. The zero-order valence-corrected chi connectivity index (χ0v) is 21.3. The number of hydrogen-bond donors (Lipinski definition) is 1. The van der Waals surface area contributed by atoms with Gasteiger partial charge in [-0.1, -0.05) is 6.07 Å². The van der Waals surface area contributed by atoms with Crippen LogP contribution in [0.2, 0.25) is 0 Å². The molecule has 0 spiro atoms. The van der Waals surface area contributed by atoms with Gasteiger partial charge in [-0.2, -0.15) is 4.52 Å². The third-order valence-corrected chi connectivity index (χ3v) is 6.72. The van der Waals surface area contributed by atoms with Crippen molar-refractivity contribution in [3.8, 4) is 5.75 Å². The number of carbonyl (C=O) groups is 1. The van der Waals surface area contributed by atoms with E-state index in [1.165, 1.54) is 0 Å². The summed E-state index contributed by atoms with van der Waals surface area (Å²) in [6, 6.07) is 16.0. The van der Waals surface area contributed by atoms with Crippen molar-refractivity contribution in [2.45, 2.75) is 38.6 Å². The van der Waals surface area contributed by atoms with E-state index in [2.05, 4.69) is 37.4 Å². The highest BCUT2D eigenvalue weighted by Gasteiger charge is 2.20. The number of benzene rings is 1. The number of piperazine rings is 1. The standard InChI is InChI=1S/C27H33N7O3/c1-20(8-9-22-7-4-18-37-22)28-27(35)13-12-25-30-29-24-10-11-26(31-34(24)25)33-16-14-32(15-17-33)21-5-3-6-23(19-21)36-2/h3-7,10-11,18-20H,8-9,12-17H2,1-2H3,(H,28,35)/t20-/m1/s1. The average Bonchev–Trinajstić information content (AvgIpc) is 3.60. The fourth-order valence-corrected chi connectivity index (χ4v) is 4.61. The van der Waals surface area contributed by atoms with E-state index in [0.29, 0.717) is 24.3 Å². The Morgan fingerprint density at radius 3 is 2.68 bits per heavy atom. The molecule has 1 N–H and O–H groups in total. The average molecular weight is 504 g/mol. The van der Waals surface area contributed by atoms with Crippen molar-refractivity contribution in [2.75, 3.05) is 43.1 Å². The highest BCUT2D eigenvalue weighted by molar-refractivity contribution is 5.76. The first-order chi connectivity index (χ1) is 18.1. The van der Waals surface area contributed by atoms with Crippen LogP contribution in [0.5, 0.6) is 5.75 Å². The van der Waals surface area contributed by atoms with Crippen molar-refractivity contribution in [3.63, 3.8) is 0 Å². The van der Waals surface area contributed by atoms with Crippen LogP contribution in [0.4, 0.5) is 11.5 Å². The van der Waals surface area contributed by atoms with Gasteiger partial charge in [0, 0.05) is 63.2 Å². The molecule has 1 saturated heterocycles. The van der Waals surface area contributed by atoms with Gasteiger partial charge in [0.25, 0.3) is 0 Å². The molecule has 5 rings (SSSR count). The van der Waals surface area contributed by atoms with E-state index in [-0.39, 0.29) is 11.9 Å². The van der Waals surface area contributed by atoms with Crippen LogP contribution in [0.25, 0.3) is 5.65 Å². The summed E-state index contributed by atoms with van der Waals surface area (Å²) in [6.07, 6.45) is 4.09. The minimum Gasteiger partial charge on any atom is -0.497 e. The molecule has 194 valence electrons. The van der Waals surface area contributed by atoms with Crippen molar-refractivity contribution in [3.05, 3.63) is 66.4 Å². The smallest absolute Gasteiger partial charge is 0.220 e. The molecule has 1 aliphatic rings. The minimum atomic E-state index is -0.00601. The van der Waals surface area contributed by atoms with Gasteiger partial charge < -0.3 is 24.3 Å². The second-order valence-electron chi connectivity index (χ2n) is 9.34. The Morgan fingerprint density at radius 2 is 1.89 bits per heavy atom. The molecule has 10 heteroatoms. The minimum absolute atomic E-state index is 0.00601. The lowest BCUT2D eigenvalue weighted by atomic mass is 10.1. The molecule has 3 aromatic heterocycles. The van der Waals surface area contributed by atoms with Crippen LogP contribution >= 0.6 is 0 Å². The van der Waals surface area contributed by atoms with Crippen LogP contribution in [0, 0.1) is 0 Å². The third-order valence-electron chi connectivity index (χ3n) is 6.72. The summed E-state index contributed by atoms with van der Waals surface area (Å²) in [6.45, 7) is 5.49. The molecule has 1 fully saturated rings. The van der Waals surface area contributed by atoms with Crippen LogP contribution in [0.15, 0.2) is 59.2 Å². The van der Waals surface area contributed by atoms with E-state index in [9.17, 15) is 4.79 Å². The molecule has 0 bridgehead atoms. The molecular weight excluding hydrogens is 470 g/mol. The molecule has 1 amide bonds.